The lowest BCUT2D eigenvalue weighted by Gasteiger charge is -2.19. The third-order valence-electron chi connectivity index (χ3n) is 4.34. The Balaban J connectivity index is 1.68. The largest absolute Gasteiger partial charge is 0.340 e. The number of anilines is 3. The van der Waals surface area contributed by atoms with Gasteiger partial charge in [0.2, 0.25) is 0 Å². The Morgan fingerprint density at radius 1 is 1.00 bits per heavy atom. The van der Waals surface area contributed by atoms with Crippen molar-refractivity contribution in [3.8, 4) is 6.07 Å². The Hall–Kier alpha value is -3.65. The van der Waals surface area contributed by atoms with Gasteiger partial charge in [0.25, 0.3) is 5.91 Å². The summed E-state index contributed by atoms with van der Waals surface area (Å²) in [6.07, 6.45) is 1.51. The summed E-state index contributed by atoms with van der Waals surface area (Å²) in [6.45, 7) is 6.53. The molecule has 1 amide bonds. The minimum atomic E-state index is -0.309. The van der Waals surface area contributed by atoms with Crippen LogP contribution < -0.4 is 10.6 Å². The van der Waals surface area contributed by atoms with Crippen molar-refractivity contribution in [3.05, 3.63) is 83.6 Å². The number of pyridine rings is 1. The quantitative estimate of drug-likeness (QED) is 0.658. The Bertz CT molecular complexity index is 1010. The van der Waals surface area contributed by atoms with Gasteiger partial charge in [-0.3, -0.25) is 4.79 Å². The number of hydrogen-bond acceptors (Lipinski definition) is 4. The molecule has 3 aromatic rings. The molecule has 1 aromatic heterocycles. The van der Waals surface area contributed by atoms with Gasteiger partial charge in [0.15, 0.2) is 0 Å². The SMILES string of the molecule is CC(C)(C)c1ccc(Nc2ccc(C(=O)Nc3ccccc3C#N)cn2)cc1. The van der Waals surface area contributed by atoms with Gasteiger partial charge in [0.05, 0.1) is 16.8 Å². The van der Waals surface area contributed by atoms with E-state index in [1.807, 2.05) is 12.1 Å². The summed E-state index contributed by atoms with van der Waals surface area (Å²) < 4.78 is 0. The van der Waals surface area contributed by atoms with Gasteiger partial charge in [0, 0.05) is 11.9 Å². The average Bonchev–Trinajstić information content (AvgIpc) is 2.68. The second-order valence-electron chi connectivity index (χ2n) is 7.50. The summed E-state index contributed by atoms with van der Waals surface area (Å²) in [5.41, 5.74) is 3.62. The fraction of sp³-hybridized carbons (Fsp3) is 0.174. The molecular weight excluding hydrogens is 348 g/mol. The van der Waals surface area contributed by atoms with Crippen molar-refractivity contribution in [2.45, 2.75) is 26.2 Å². The Morgan fingerprint density at radius 3 is 2.32 bits per heavy atom. The summed E-state index contributed by atoms with van der Waals surface area (Å²) in [5.74, 6) is 0.341. The lowest BCUT2D eigenvalue weighted by atomic mass is 9.87. The minimum Gasteiger partial charge on any atom is -0.340 e. The number of carbonyl (C=O) groups is 1. The number of hydrogen-bond donors (Lipinski definition) is 2. The Labute approximate surface area is 165 Å². The van der Waals surface area contributed by atoms with Gasteiger partial charge in [0.1, 0.15) is 11.9 Å². The molecule has 0 saturated heterocycles. The molecule has 0 aliphatic carbocycles. The maximum absolute atomic E-state index is 12.4. The van der Waals surface area contributed by atoms with Crippen molar-refractivity contribution >= 4 is 23.1 Å². The van der Waals surface area contributed by atoms with Crippen LogP contribution in [0.5, 0.6) is 0 Å². The van der Waals surface area contributed by atoms with Gasteiger partial charge in [-0.15, -0.1) is 0 Å². The highest BCUT2D eigenvalue weighted by Gasteiger charge is 2.13. The monoisotopic (exact) mass is 370 g/mol. The average molecular weight is 370 g/mol. The van der Waals surface area contributed by atoms with Gasteiger partial charge < -0.3 is 10.6 Å². The van der Waals surface area contributed by atoms with Crippen LogP contribution in [-0.2, 0) is 5.41 Å². The molecule has 0 fully saturated rings. The Kier molecular flexibility index (Phi) is 5.42. The number of nitrogens with zero attached hydrogens (tertiary/aromatic N) is 2. The number of amides is 1. The molecule has 0 spiro atoms. The van der Waals surface area contributed by atoms with Crippen molar-refractivity contribution in [1.82, 2.24) is 4.98 Å². The molecule has 1 heterocycles. The third kappa shape index (κ3) is 4.54. The lowest BCUT2D eigenvalue weighted by Crippen LogP contribution is -2.13. The topological polar surface area (TPSA) is 77.8 Å². The normalized spacial score (nSPS) is 10.8. The fourth-order valence-corrected chi connectivity index (χ4v) is 2.69. The number of nitriles is 1. The molecule has 28 heavy (non-hydrogen) atoms. The van der Waals surface area contributed by atoms with E-state index in [0.717, 1.165) is 5.69 Å². The first-order valence-corrected chi connectivity index (χ1v) is 9.01. The van der Waals surface area contributed by atoms with E-state index in [1.165, 1.54) is 11.8 Å². The highest BCUT2D eigenvalue weighted by atomic mass is 16.1. The van der Waals surface area contributed by atoms with E-state index in [1.54, 1.807) is 36.4 Å². The molecule has 3 rings (SSSR count). The van der Waals surface area contributed by atoms with Crippen molar-refractivity contribution in [2.24, 2.45) is 0 Å². The standard InChI is InChI=1S/C23H22N4O/c1-23(2,3)18-9-11-19(12-10-18)26-21-13-8-17(15-25-21)22(28)27-20-7-5-4-6-16(20)14-24/h4-13,15H,1-3H3,(H,25,26)(H,27,28). The molecule has 0 atom stereocenters. The van der Waals surface area contributed by atoms with Crippen LogP contribution in [0.25, 0.3) is 0 Å². The molecule has 2 aromatic carbocycles. The smallest absolute Gasteiger partial charge is 0.257 e. The van der Waals surface area contributed by atoms with Crippen LogP contribution in [0.2, 0.25) is 0 Å². The first kappa shape index (κ1) is 19.1. The fourth-order valence-electron chi connectivity index (χ4n) is 2.69. The van der Waals surface area contributed by atoms with Crippen molar-refractivity contribution in [1.29, 1.82) is 5.26 Å². The van der Waals surface area contributed by atoms with E-state index >= 15 is 0 Å². The summed E-state index contributed by atoms with van der Waals surface area (Å²) in [4.78, 5) is 16.7. The van der Waals surface area contributed by atoms with Crippen LogP contribution in [0, 0.1) is 11.3 Å². The summed E-state index contributed by atoms with van der Waals surface area (Å²) >= 11 is 0. The van der Waals surface area contributed by atoms with Crippen LogP contribution in [-0.4, -0.2) is 10.9 Å². The van der Waals surface area contributed by atoms with Crippen molar-refractivity contribution in [2.75, 3.05) is 10.6 Å². The first-order chi connectivity index (χ1) is 13.4. The predicted octanol–water partition coefficient (Wildman–Crippen LogP) is 5.25. The summed E-state index contributed by atoms with van der Waals surface area (Å²) in [5, 5.41) is 15.1. The maximum atomic E-state index is 12.4. The van der Waals surface area contributed by atoms with Gasteiger partial charge in [-0.1, -0.05) is 45.0 Å². The molecular formula is C23H22N4O. The first-order valence-electron chi connectivity index (χ1n) is 9.01. The van der Waals surface area contributed by atoms with Gasteiger partial charge in [-0.2, -0.15) is 5.26 Å². The van der Waals surface area contributed by atoms with Gasteiger partial charge >= 0.3 is 0 Å². The van der Waals surface area contributed by atoms with Crippen LogP contribution in [0.15, 0.2) is 66.9 Å². The molecule has 0 saturated carbocycles. The molecule has 5 heteroatoms. The molecule has 5 nitrogen and oxygen atoms in total. The van der Waals surface area contributed by atoms with E-state index in [0.29, 0.717) is 22.6 Å². The maximum Gasteiger partial charge on any atom is 0.257 e. The second-order valence-corrected chi connectivity index (χ2v) is 7.50. The van der Waals surface area contributed by atoms with Gasteiger partial charge in [-0.25, -0.2) is 4.98 Å². The molecule has 0 unspecified atom stereocenters. The second kappa shape index (κ2) is 7.93. The van der Waals surface area contributed by atoms with E-state index in [4.69, 9.17) is 5.26 Å². The number of carbonyl (C=O) groups excluding carboxylic acids is 1. The van der Waals surface area contributed by atoms with E-state index in [9.17, 15) is 4.79 Å². The van der Waals surface area contributed by atoms with Crippen LogP contribution in [0.1, 0.15) is 42.3 Å². The van der Waals surface area contributed by atoms with Crippen LogP contribution >= 0.6 is 0 Å². The number of rotatable bonds is 4. The highest BCUT2D eigenvalue weighted by Crippen LogP contribution is 2.24. The predicted molar refractivity (Wildman–Crippen MR) is 112 cm³/mol. The number of aromatic nitrogens is 1. The van der Waals surface area contributed by atoms with Crippen LogP contribution in [0.3, 0.4) is 0 Å². The Morgan fingerprint density at radius 2 is 1.71 bits per heavy atom. The van der Waals surface area contributed by atoms with Crippen molar-refractivity contribution in [3.63, 3.8) is 0 Å². The molecule has 0 aliphatic heterocycles. The van der Waals surface area contributed by atoms with Crippen molar-refractivity contribution < 1.29 is 4.79 Å². The van der Waals surface area contributed by atoms with Crippen LogP contribution in [0.4, 0.5) is 17.2 Å². The molecule has 0 aliphatic rings. The van der Waals surface area contributed by atoms with E-state index in [2.05, 4.69) is 54.6 Å². The molecule has 0 bridgehead atoms. The zero-order valence-corrected chi connectivity index (χ0v) is 16.2. The third-order valence-corrected chi connectivity index (χ3v) is 4.34. The molecule has 2 N–H and O–H groups in total. The minimum absolute atomic E-state index is 0.107. The van der Waals surface area contributed by atoms with Gasteiger partial charge in [-0.05, 0) is 47.4 Å². The summed E-state index contributed by atoms with van der Waals surface area (Å²) in [7, 11) is 0. The van der Waals surface area contributed by atoms with E-state index in [-0.39, 0.29) is 11.3 Å². The summed E-state index contributed by atoms with van der Waals surface area (Å²) in [6, 6.07) is 20.6. The molecule has 0 radical (unpaired) electrons. The zero-order valence-electron chi connectivity index (χ0n) is 16.2. The number of benzene rings is 2. The number of para-hydroxylation sites is 1. The number of nitrogens with one attached hydrogen (secondary N) is 2. The zero-order chi connectivity index (χ0) is 20.1. The highest BCUT2D eigenvalue weighted by molar-refractivity contribution is 6.04. The lowest BCUT2D eigenvalue weighted by molar-refractivity contribution is 0.102. The van der Waals surface area contributed by atoms with E-state index < -0.39 is 0 Å². The molecule has 140 valence electrons.